The summed E-state index contributed by atoms with van der Waals surface area (Å²) >= 11 is 0. The minimum atomic E-state index is -0.167. The lowest BCUT2D eigenvalue weighted by atomic mass is 10.1. The minimum absolute atomic E-state index is 0.167. The van der Waals surface area contributed by atoms with Gasteiger partial charge in [-0.05, 0) is 24.7 Å². The Labute approximate surface area is 116 Å². The van der Waals surface area contributed by atoms with E-state index in [0.29, 0.717) is 44.3 Å². The fourth-order valence-corrected chi connectivity index (χ4v) is 1.39. The van der Waals surface area contributed by atoms with E-state index < -0.39 is 0 Å². The molecule has 0 heterocycles. The highest BCUT2D eigenvalue weighted by Crippen LogP contribution is 2.05. The molecule has 0 N–H and O–H groups in total. The summed E-state index contributed by atoms with van der Waals surface area (Å²) in [4.78, 5) is 22.6. The molecule has 0 aromatic rings. The molecule has 0 unspecified atom stereocenters. The van der Waals surface area contributed by atoms with Crippen LogP contribution in [0.1, 0.15) is 59.8 Å². The van der Waals surface area contributed by atoms with Crippen LogP contribution in [0, 0.1) is 11.8 Å². The molecule has 4 heteroatoms. The standard InChI is InChI=1S/C15H28O4/c1-12(2)6-8-14(16)18-10-5-11-19-15(17)9-7-13(3)4/h12-13H,5-11H2,1-4H3. The molecule has 0 radical (unpaired) electrons. The maximum atomic E-state index is 11.3. The Morgan fingerprint density at radius 2 is 1.16 bits per heavy atom. The minimum Gasteiger partial charge on any atom is -0.466 e. The highest BCUT2D eigenvalue weighted by Gasteiger charge is 2.06. The fourth-order valence-electron chi connectivity index (χ4n) is 1.39. The summed E-state index contributed by atoms with van der Waals surface area (Å²) in [5.41, 5.74) is 0. The van der Waals surface area contributed by atoms with Gasteiger partial charge in [-0.3, -0.25) is 9.59 Å². The number of carbonyl (C=O) groups excluding carboxylic acids is 2. The lowest BCUT2D eigenvalue weighted by Gasteiger charge is -2.08. The summed E-state index contributed by atoms with van der Waals surface area (Å²) in [6.07, 6.45) is 3.20. The molecular formula is C15H28O4. The zero-order chi connectivity index (χ0) is 14.7. The second-order valence-corrected chi connectivity index (χ2v) is 5.66. The zero-order valence-electron chi connectivity index (χ0n) is 12.7. The first-order chi connectivity index (χ1) is 8.91. The van der Waals surface area contributed by atoms with E-state index in [1.165, 1.54) is 0 Å². The van der Waals surface area contributed by atoms with E-state index in [1.54, 1.807) is 0 Å². The third kappa shape index (κ3) is 13.2. The Balaban J connectivity index is 3.39. The van der Waals surface area contributed by atoms with E-state index in [9.17, 15) is 9.59 Å². The predicted molar refractivity (Wildman–Crippen MR) is 74.7 cm³/mol. The largest absolute Gasteiger partial charge is 0.466 e. The highest BCUT2D eigenvalue weighted by atomic mass is 16.5. The van der Waals surface area contributed by atoms with Crippen LogP contribution in [0.2, 0.25) is 0 Å². The Hall–Kier alpha value is -1.06. The zero-order valence-corrected chi connectivity index (χ0v) is 12.7. The first-order valence-electron chi connectivity index (χ1n) is 7.23. The molecular weight excluding hydrogens is 244 g/mol. The second-order valence-electron chi connectivity index (χ2n) is 5.66. The summed E-state index contributed by atoms with van der Waals surface area (Å²) in [6, 6.07) is 0. The van der Waals surface area contributed by atoms with E-state index in [0.717, 1.165) is 12.8 Å². The number of esters is 2. The first kappa shape index (κ1) is 17.9. The van der Waals surface area contributed by atoms with Gasteiger partial charge in [0, 0.05) is 19.3 Å². The van der Waals surface area contributed by atoms with Crippen molar-refractivity contribution in [2.75, 3.05) is 13.2 Å². The molecule has 0 saturated carbocycles. The summed E-state index contributed by atoms with van der Waals surface area (Å²) < 4.78 is 10.1. The highest BCUT2D eigenvalue weighted by molar-refractivity contribution is 5.69. The SMILES string of the molecule is CC(C)CCC(=O)OCCCOC(=O)CCC(C)C. The van der Waals surface area contributed by atoms with Gasteiger partial charge >= 0.3 is 11.9 Å². The molecule has 0 spiro atoms. The van der Waals surface area contributed by atoms with E-state index >= 15 is 0 Å². The molecule has 4 nitrogen and oxygen atoms in total. The van der Waals surface area contributed by atoms with Crippen molar-refractivity contribution < 1.29 is 19.1 Å². The van der Waals surface area contributed by atoms with Crippen LogP contribution in [0.4, 0.5) is 0 Å². The molecule has 112 valence electrons. The van der Waals surface area contributed by atoms with Crippen molar-refractivity contribution in [2.45, 2.75) is 59.8 Å². The summed E-state index contributed by atoms with van der Waals surface area (Å²) in [6.45, 7) is 8.95. The van der Waals surface area contributed by atoms with Gasteiger partial charge in [0.25, 0.3) is 0 Å². The molecule has 0 saturated heterocycles. The molecule has 0 aliphatic carbocycles. The predicted octanol–water partition coefficient (Wildman–Crippen LogP) is 3.34. The Morgan fingerprint density at radius 1 is 0.789 bits per heavy atom. The fraction of sp³-hybridized carbons (Fsp3) is 0.867. The summed E-state index contributed by atoms with van der Waals surface area (Å²) in [5, 5.41) is 0. The van der Waals surface area contributed by atoms with Crippen molar-refractivity contribution in [3.8, 4) is 0 Å². The van der Waals surface area contributed by atoms with Gasteiger partial charge in [-0.2, -0.15) is 0 Å². The number of ether oxygens (including phenoxy) is 2. The number of rotatable bonds is 10. The van der Waals surface area contributed by atoms with Crippen molar-refractivity contribution in [3.63, 3.8) is 0 Å². The molecule has 0 bridgehead atoms. The lowest BCUT2D eigenvalue weighted by molar-refractivity contribution is -0.146. The smallest absolute Gasteiger partial charge is 0.305 e. The first-order valence-corrected chi connectivity index (χ1v) is 7.23. The normalized spacial score (nSPS) is 10.8. The summed E-state index contributed by atoms with van der Waals surface area (Å²) in [7, 11) is 0. The van der Waals surface area contributed by atoms with E-state index in [2.05, 4.69) is 27.7 Å². The van der Waals surface area contributed by atoms with Crippen LogP contribution in [0.5, 0.6) is 0 Å². The van der Waals surface area contributed by atoms with Crippen molar-refractivity contribution >= 4 is 11.9 Å². The molecule has 0 aliphatic rings. The van der Waals surface area contributed by atoms with Gasteiger partial charge in [0.2, 0.25) is 0 Å². The Bertz CT molecular complexity index is 233. The van der Waals surface area contributed by atoms with Gasteiger partial charge in [-0.15, -0.1) is 0 Å². The van der Waals surface area contributed by atoms with Crippen molar-refractivity contribution in [1.29, 1.82) is 0 Å². The van der Waals surface area contributed by atoms with E-state index in [1.807, 2.05) is 0 Å². The van der Waals surface area contributed by atoms with Crippen LogP contribution in [0.3, 0.4) is 0 Å². The van der Waals surface area contributed by atoms with E-state index in [-0.39, 0.29) is 11.9 Å². The number of carbonyl (C=O) groups is 2. The molecule has 0 aromatic carbocycles. The van der Waals surface area contributed by atoms with Gasteiger partial charge in [-0.1, -0.05) is 27.7 Å². The van der Waals surface area contributed by atoms with Crippen molar-refractivity contribution in [3.05, 3.63) is 0 Å². The monoisotopic (exact) mass is 272 g/mol. The molecule has 0 aliphatic heterocycles. The molecule has 19 heavy (non-hydrogen) atoms. The van der Waals surface area contributed by atoms with Crippen LogP contribution in [0.15, 0.2) is 0 Å². The van der Waals surface area contributed by atoms with Gasteiger partial charge in [0.05, 0.1) is 13.2 Å². The maximum absolute atomic E-state index is 11.3. The Morgan fingerprint density at radius 3 is 1.47 bits per heavy atom. The quantitative estimate of drug-likeness (QED) is 0.452. The topological polar surface area (TPSA) is 52.6 Å². The van der Waals surface area contributed by atoms with Gasteiger partial charge in [-0.25, -0.2) is 0 Å². The van der Waals surface area contributed by atoms with Crippen LogP contribution >= 0.6 is 0 Å². The molecule has 0 fully saturated rings. The molecule has 0 atom stereocenters. The van der Waals surface area contributed by atoms with Crippen molar-refractivity contribution in [1.82, 2.24) is 0 Å². The number of hydrogen-bond acceptors (Lipinski definition) is 4. The average Bonchev–Trinajstić information content (AvgIpc) is 2.33. The second kappa shape index (κ2) is 10.8. The lowest BCUT2D eigenvalue weighted by Crippen LogP contribution is -2.11. The molecule has 0 rings (SSSR count). The van der Waals surface area contributed by atoms with Crippen molar-refractivity contribution in [2.24, 2.45) is 11.8 Å². The van der Waals surface area contributed by atoms with Gasteiger partial charge in [0.15, 0.2) is 0 Å². The van der Waals surface area contributed by atoms with Crippen LogP contribution in [-0.2, 0) is 19.1 Å². The Kier molecular flexibility index (Phi) is 10.2. The molecule has 0 aromatic heterocycles. The summed E-state index contributed by atoms with van der Waals surface area (Å²) in [5.74, 6) is 0.684. The van der Waals surface area contributed by atoms with Crippen LogP contribution in [-0.4, -0.2) is 25.2 Å². The molecule has 0 amide bonds. The third-order valence-corrected chi connectivity index (χ3v) is 2.67. The third-order valence-electron chi connectivity index (χ3n) is 2.67. The van der Waals surface area contributed by atoms with Crippen LogP contribution < -0.4 is 0 Å². The van der Waals surface area contributed by atoms with Gasteiger partial charge < -0.3 is 9.47 Å². The van der Waals surface area contributed by atoms with E-state index in [4.69, 9.17) is 9.47 Å². The number of hydrogen-bond donors (Lipinski definition) is 0. The van der Waals surface area contributed by atoms with Crippen LogP contribution in [0.25, 0.3) is 0 Å². The maximum Gasteiger partial charge on any atom is 0.305 e. The average molecular weight is 272 g/mol. The van der Waals surface area contributed by atoms with Gasteiger partial charge in [0.1, 0.15) is 0 Å².